The fraction of sp³-hybridized carbons (Fsp3) is 0.571. The van der Waals surface area contributed by atoms with Gasteiger partial charge < -0.3 is 20.9 Å². The minimum absolute atomic E-state index is 0.0584. The van der Waals surface area contributed by atoms with E-state index in [-0.39, 0.29) is 5.91 Å². The van der Waals surface area contributed by atoms with Crippen LogP contribution in [0.1, 0.15) is 23.5 Å². The molecule has 2 heterocycles. The summed E-state index contributed by atoms with van der Waals surface area (Å²) in [6.07, 6.45) is 0. The normalized spacial score (nSPS) is 15.0. The van der Waals surface area contributed by atoms with Crippen molar-refractivity contribution in [3.05, 3.63) is 17.0 Å². The van der Waals surface area contributed by atoms with Crippen molar-refractivity contribution in [3.63, 3.8) is 0 Å². The molecule has 1 aromatic heterocycles. The molecule has 3 N–H and O–H groups in total. The second kappa shape index (κ2) is 6.91. The molecular weight excluding hydrogens is 286 g/mol. The maximum Gasteiger partial charge on any atom is 0.268 e. The molecule has 0 spiro atoms. The molecular formula is C14H23N5OS. The number of carbonyl (C=O) groups is 1. The van der Waals surface area contributed by atoms with Crippen LogP contribution in [-0.4, -0.2) is 55.1 Å². The van der Waals surface area contributed by atoms with Crippen molar-refractivity contribution in [1.29, 1.82) is 0 Å². The topological polar surface area (TPSA) is 74.5 Å². The summed E-state index contributed by atoms with van der Waals surface area (Å²) in [6, 6.07) is 0. The first-order valence-electron chi connectivity index (χ1n) is 7.18. The fourth-order valence-electron chi connectivity index (χ4n) is 2.26. The molecule has 21 heavy (non-hydrogen) atoms. The van der Waals surface area contributed by atoms with Gasteiger partial charge in [-0.15, -0.1) is 0 Å². The van der Waals surface area contributed by atoms with Crippen LogP contribution >= 0.6 is 11.3 Å². The van der Waals surface area contributed by atoms with Crippen molar-refractivity contribution in [2.45, 2.75) is 13.8 Å². The quantitative estimate of drug-likeness (QED) is 0.799. The molecule has 0 bridgehead atoms. The third-order valence-corrected chi connectivity index (χ3v) is 4.47. The number of amides is 1. The number of thiazole rings is 1. The van der Waals surface area contributed by atoms with Crippen LogP contribution in [0.5, 0.6) is 0 Å². The summed E-state index contributed by atoms with van der Waals surface area (Å²) in [5.41, 5.74) is 6.91. The van der Waals surface area contributed by atoms with Crippen molar-refractivity contribution in [2.75, 3.05) is 49.9 Å². The number of likely N-dealkylation sites (N-methyl/N-ethyl adjacent to an activating group) is 1. The molecule has 1 aromatic rings. The molecule has 0 aliphatic carbocycles. The molecule has 1 amide bonds. The lowest BCUT2D eigenvalue weighted by atomic mass is 10.3. The predicted molar refractivity (Wildman–Crippen MR) is 88.0 cm³/mol. The number of aromatic nitrogens is 1. The summed E-state index contributed by atoms with van der Waals surface area (Å²) in [5, 5.41) is 4.13. The molecule has 0 atom stereocenters. The summed E-state index contributed by atoms with van der Waals surface area (Å²) in [4.78, 5) is 21.4. The zero-order valence-electron chi connectivity index (χ0n) is 12.7. The SMILES string of the molecule is C=C(C)CN(CC)C(=O)c1sc(N2CCNCC2)nc1N. The highest BCUT2D eigenvalue weighted by molar-refractivity contribution is 7.18. The van der Waals surface area contributed by atoms with Gasteiger partial charge in [0.05, 0.1) is 0 Å². The van der Waals surface area contributed by atoms with E-state index in [1.54, 1.807) is 4.90 Å². The van der Waals surface area contributed by atoms with E-state index < -0.39 is 0 Å². The zero-order valence-corrected chi connectivity index (χ0v) is 13.5. The van der Waals surface area contributed by atoms with Gasteiger partial charge >= 0.3 is 0 Å². The number of anilines is 2. The molecule has 7 heteroatoms. The summed E-state index contributed by atoms with van der Waals surface area (Å²) in [5.74, 6) is 0.274. The molecule has 0 unspecified atom stereocenters. The number of nitrogens with one attached hydrogen (secondary N) is 1. The maximum atomic E-state index is 12.6. The van der Waals surface area contributed by atoms with Crippen LogP contribution in [0.4, 0.5) is 10.9 Å². The molecule has 1 aliphatic rings. The van der Waals surface area contributed by atoms with E-state index >= 15 is 0 Å². The molecule has 116 valence electrons. The maximum absolute atomic E-state index is 12.6. The molecule has 0 aromatic carbocycles. The van der Waals surface area contributed by atoms with Crippen LogP contribution in [-0.2, 0) is 0 Å². The third-order valence-electron chi connectivity index (χ3n) is 3.35. The Labute approximate surface area is 129 Å². The van der Waals surface area contributed by atoms with Gasteiger partial charge in [-0.1, -0.05) is 23.5 Å². The monoisotopic (exact) mass is 309 g/mol. The molecule has 0 radical (unpaired) electrons. The second-order valence-electron chi connectivity index (χ2n) is 5.22. The second-order valence-corrected chi connectivity index (χ2v) is 6.20. The minimum atomic E-state index is -0.0584. The highest BCUT2D eigenvalue weighted by Gasteiger charge is 2.23. The van der Waals surface area contributed by atoms with Crippen LogP contribution in [0.25, 0.3) is 0 Å². The van der Waals surface area contributed by atoms with Crippen molar-refractivity contribution >= 4 is 28.2 Å². The number of nitrogens with two attached hydrogens (primary N) is 1. The van der Waals surface area contributed by atoms with Gasteiger partial charge in [-0.05, 0) is 13.8 Å². The Morgan fingerprint density at radius 1 is 1.52 bits per heavy atom. The van der Waals surface area contributed by atoms with E-state index in [1.807, 2.05) is 13.8 Å². The van der Waals surface area contributed by atoms with Gasteiger partial charge in [-0.3, -0.25) is 4.79 Å². The standard InChI is InChI=1S/C14H23N5OS/c1-4-18(9-10(2)3)13(20)11-12(15)17-14(21-11)19-7-5-16-6-8-19/h16H,2,4-9,15H2,1,3H3. The zero-order chi connectivity index (χ0) is 15.4. The Morgan fingerprint density at radius 3 is 2.76 bits per heavy atom. The Bertz CT molecular complexity index is 521. The Kier molecular flexibility index (Phi) is 5.19. The number of nitrogens with zero attached hydrogens (tertiary/aromatic N) is 3. The smallest absolute Gasteiger partial charge is 0.268 e. The fourth-order valence-corrected chi connectivity index (χ4v) is 3.27. The average Bonchev–Trinajstić information content (AvgIpc) is 2.87. The Hall–Kier alpha value is -1.60. The van der Waals surface area contributed by atoms with Crippen LogP contribution in [0.2, 0.25) is 0 Å². The lowest BCUT2D eigenvalue weighted by Crippen LogP contribution is -2.43. The first-order valence-corrected chi connectivity index (χ1v) is 8.00. The number of nitrogen functional groups attached to an aromatic ring is 1. The Morgan fingerprint density at radius 2 is 2.19 bits per heavy atom. The van der Waals surface area contributed by atoms with Gasteiger partial charge in [0, 0.05) is 39.3 Å². The van der Waals surface area contributed by atoms with E-state index in [1.165, 1.54) is 11.3 Å². The van der Waals surface area contributed by atoms with Crippen molar-refractivity contribution in [1.82, 2.24) is 15.2 Å². The van der Waals surface area contributed by atoms with E-state index in [9.17, 15) is 4.79 Å². The number of rotatable bonds is 5. The van der Waals surface area contributed by atoms with Gasteiger partial charge in [0.25, 0.3) is 5.91 Å². The summed E-state index contributed by atoms with van der Waals surface area (Å²) in [6.45, 7) is 12.6. The third kappa shape index (κ3) is 3.74. The van der Waals surface area contributed by atoms with Crippen LogP contribution in [0.3, 0.4) is 0 Å². The number of hydrogen-bond donors (Lipinski definition) is 2. The average molecular weight is 309 g/mol. The van der Waals surface area contributed by atoms with Crippen molar-refractivity contribution in [3.8, 4) is 0 Å². The number of hydrogen-bond acceptors (Lipinski definition) is 6. The lowest BCUT2D eigenvalue weighted by molar-refractivity contribution is 0.0784. The van der Waals surface area contributed by atoms with Crippen LogP contribution in [0.15, 0.2) is 12.2 Å². The van der Waals surface area contributed by atoms with E-state index in [0.29, 0.717) is 23.8 Å². The number of carbonyl (C=O) groups excluding carboxylic acids is 1. The minimum Gasteiger partial charge on any atom is -0.382 e. The summed E-state index contributed by atoms with van der Waals surface area (Å²) in [7, 11) is 0. The molecule has 2 rings (SSSR count). The van der Waals surface area contributed by atoms with Crippen molar-refractivity contribution in [2.24, 2.45) is 0 Å². The number of piperazine rings is 1. The molecule has 0 saturated carbocycles. The van der Waals surface area contributed by atoms with Gasteiger partial charge in [0.1, 0.15) is 10.7 Å². The van der Waals surface area contributed by atoms with Gasteiger partial charge in [-0.2, -0.15) is 0 Å². The van der Waals surface area contributed by atoms with E-state index in [4.69, 9.17) is 5.73 Å². The lowest BCUT2D eigenvalue weighted by Gasteiger charge is -2.26. The van der Waals surface area contributed by atoms with Crippen molar-refractivity contribution < 1.29 is 4.79 Å². The molecule has 1 fully saturated rings. The van der Waals surface area contributed by atoms with Crippen LogP contribution < -0.4 is 16.0 Å². The van der Waals surface area contributed by atoms with Gasteiger partial charge in [-0.25, -0.2) is 4.98 Å². The summed E-state index contributed by atoms with van der Waals surface area (Å²) < 4.78 is 0. The van der Waals surface area contributed by atoms with E-state index in [2.05, 4.69) is 21.8 Å². The van der Waals surface area contributed by atoms with E-state index in [0.717, 1.165) is 36.9 Å². The first-order chi connectivity index (χ1) is 10.0. The molecule has 1 saturated heterocycles. The first kappa shape index (κ1) is 15.8. The highest BCUT2D eigenvalue weighted by Crippen LogP contribution is 2.29. The van der Waals surface area contributed by atoms with Gasteiger partial charge in [0.15, 0.2) is 5.13 Å². The largest absolute Gasteiger partial charge is 0.382 e. The highest BCUT2D eigenvalue weighted by atomic mass is 32.1. The summed E-state index contributed by atoms with van der Waals surface area (Å²) >= 11 is 1.39. The Balaban J connectivity index is 2.17. The molecule has 6 nitrogen and oxygen atoms in total. The predicted octanol–water partition coefficient (Wildman–Crippen LogP) is 1.17. The molecule has 1 aliphatic heterocycles. The van der Waals surface area contributed by atoms with Gasteiger partial charge in [0.2, 0.25) is 0 Å². The van der Waals surface area contributed by atoms with Crippen LogP contribution in [0, 0.1) is 0 Å².